The smallest absolute Gasteiger partial charge is 0.280 e. The van der Waals surface area contributed by atoms with Gasteiger partial charge in [-0.3, -0.25) is 4.79 Å². The van der Waals surface area contributed by atoms with E-state index >= 15 is 0 Å². The summed E-state index contributed by atoms with van der Waals surface area (Å²) < 4.78 is 32.7. The summed E-state index contributed by atoms with van der Waals surface area (Å²) in [5, 5.41) is 2.86. The lowest BCUT2D eigenvalue weighted by atomic mass is 9.97. The zero-order chi connectivity index (χ0) is 19.7. The fourth-order valence-corrected chi connectivity index (χ4v) is 3.48. The summed E-state index contributed by atoms with van der Waals surface area (Å²) in [6.07, 6.45) is 2.55. The van der Waals surface area contributed by atoms with Gasteiger partial charge in [0.15, 0.2) is 5.65 Å². The molecular weight excluding hydrogens is 390 g/mol. The number of rotatable bonds is 4. The van der Waals surface area contributed by atoms with Crippen LogP contribution in [0.1, 0.15) is 46.9 Å². The molecule has 146 valence electrons. The number of fused-ring (bicyclic) bond motifs is 1. The summed E-state index contributed by atoms with van der Waals surface area (Å²) in [5.74, 6) is -0.153. The van der Waals surface area contributed by atoms with E-state index < -0.39 is 18.0 Å². The zero-order valence-electron chi connectivity index (χ0n) is 14.7. The first-order valence-electron chi connectivity index (χ1n) is 8.83. The van der Waals surface area contributed by atoms with E-state index in [2.05, 4.69) is 15.3 Å². The standard InChI is InChI=1S/C19H17ClF2N4O2/c20-13-8-12(19(27)25-16-3-1-2-14(23-16)17(21)22)9-26-10-15(24-18(13)26)11-4-6-28-7-5-11/h1-3,8-11,17H,4-7H2,(H,23,25,27). The van der Waals surface area contributed by atoms with Gasteiger partial charge in [-0.15, -0.1) is 0 Å². The molecule has 0 aromatic carbocycles. The number of hydrogen-bond donors (Lipinski definition) is 1. The van der Waals surface area contributed by atoms with Crippen molar-refractivity contribution in [3.8, 4) is 0 Å². The molecule has 4 rings (SSSR count). The fraction of sp³-hybridized carbons (Fsp3) is 0.316. The number of nitrogens with one attached hydrogen (secondary N) is 1. The van der Waals surface area contributed by atoms with Crippen LogP contribution in [0.4, 0.5) is 14.6 Å². The van der Waals surface area contributed by atoms with E-state index in [1.807, 2.05) is 6.20 Å². The number of anilines is 1. The monoisotopic (exact) mass is 406 g/mol. The Hall–Kier alpha value is -2.58. The number of hydrogen-bond acceptors (Lipinski definition) is 4. The van der Waals surface area contributed by atoms with Crippen LogP contribution in [0.5, 0.6) is 0 Å². The third-order valence-electron chi connectivity index (χ3n) is 4.66. The fourth-order valence-electron chi connectivity index (χ4n) is 3.22. The first kappa shape index (κ1) is 18.8. The van der Waals surface area contributed by atoms with Crippen molar-refractivity contribution in [1.82, 2.24) is 14.4 Å². The third kappa shape index (κ3) is 3.83. The molecule has 3 aromatic heterocycles. The van der Waals surface area contributed by atoms with Crippen molar-refractivity contribution < 1.29 is 18.3 Å². The van der Waals surface area contributed by atoms with Crippen molar-refractivity contribution in [3.05, 3.63) is 58.6 Å². The summed E-state index contributed by atoms with van der Waals surface area (Å²) in [4.78, 5) is 20.9. The molecule has 0 bridgehead atoms. The van der Waals surface area contributed by atoms with Crippen LogP contribution in [0.2, 0.25) is 5.02 Å². The molecule has 1 saturated heterocycles. The van der Waals surface area contributed by atoms with Crippen LogP contribution in [0.15, 0.2) is 36.7 Å². The van der Waals surface area contributed by atoms with Gasteiger partial charge in [-0.25, -0.2) is 18.7 Å². The summed E-state index contributed by atoms with van der Waals surface area (Å²) in [6, 6.07) is 5.57. The van der Waals surface area contributed by atoms with Gasteiger partial charge in [0.2, 0.25) is 0 Å². The minimum absolute atomic E-state index is 0.0487. The molecule has 0 atom stereocenters. The van der Waals surface area contributed by atoms with Crippen molar-refractivity contribution in [2.75, 3.05) is 18.5 Å². The Kier molecular flexibility index (Phi) is 5.23. The summed E-state index contributed by atoms with van der Waals surface area (Å²) in [5.41, 5.74) is 1.35. The van der Waals surface area contributed by atoms with Gasteiger partial charge in [-0.05, 0) is 31.0 Å². The van der Waals surface area contributed by atoms with Crippen LogP contribution in [-0.2, 0) is 4.74 Å². The van der Waals surface area contributed by atoms with Gasteiger partial charge in [0.25, 0.3) is 12.3 Å². The Morgan fingerprint density at radius 2 is 2.04 bits per heavy atom. The maximum absolute atomic E-state index is 12.8. The predicted molar refractivity (Wildman–Crippen MR) is 100 cm³/mol. The highest BCUT2D eigenvalue weighted by molar-refractivity contribution is 6.34. The minimum Gasteiger partial charge on any atom is -0.381 e. The maximum atomic E-state index is 12.8. The van der Waals surface area contributed by atoms with Crippen molar-refractivity contribution in [3.63, 3.8) is 0 Å². The van der Waals surface area contributed by atoms with E-state index in [4.69, 9.17) is 16.3 Å². The summed E-state index contributed by atoms with van der Waals surface area (Å²) in [6.45, 7) is 1.40. The molecule has 1 fully saturated rings. The highest BCUT2D eigenvalue weighted by Gasteiger charge is 2.20. The van der Waals surface area contributed by atoms with Gasteiger partial charge in [0.1, 0.15) is 11.5 Å². The Morgan fingerprint density at radius 1 is 1.25 bits per heavy atom. The van der Waals surface area contributed by atoms with E-state index in [1.54, 1.807) is 10.6 Å². The molecule has 1 aliphatic heterocycles. The number of ether oxygens (including phenoxy) is 1. The van der Waals surface area contributed by atoms with Crippen molar-refractivity contribution >= 4 is 29.0 Å². The Bertz CT molecular complexity index is 1020. The Labute approximate surface area is 164 Å². The average molecular weight is 407 g/mol. The molecule has 3 aromatic rings. The third-order valence-corrected chi connectivity index (χ3v) is 4.94. The molecule has 1 amide bonds. The number of aromatic nitrogens is 3. The quantitative estimate of drug-likeness (QED) is 0.694. The lowest BCUT2D eigenvalue weighted by Crippen LogP contribution is -2.14. The SMILES string of the molecule is O=C(Nc1cccc(C(F)F)n1)c1cc(Cl)c2nc(C3CCOCC3)cn2c1. The number of alkyl halides is 2. The molecule has 0 radical (unpaired) electrons. The van der Waals surface area contributed by atoms with Crippen LogP contribution in [0.25, 0.3) is 5.65 Å². The number of carbonyl (C=O) groups is 1. The highest BCUT2D eigenvalue weighted by atomic mass is 35.5. The molecule has 1 aliphatic rings. The predicted octanol–water partition coefficient (Wildman–Crippen LogP) is 4.47. The molecule has 6 nitrogen and oxygen atoms in total. The number of pyridine rings is 2. The summed E-state index contributed by atoms with van der Waals surface area (Å²) >= 11 is 6.33. The van der Waals surface area contributed by atoms with Gasteiger partial charge in [0.05, 0.1) is 16.3 Å². The van der Waals surface area contributed by atoms with E-state index in [0.717, 1.165) is 18.5 Å². The van der Waals surface area contributed by atoms with Gasteiger partial charge in [-0.1, -0.05) is 17.7 Å². The zero-order valence-corrected chi connectivity index (χ0v) is 15.5. The first-order valence-corrected chi connectivity index (χ1v) is 9.21. The minimum atomic E-state index is -2.71. The molecule has 28 heavy (non-hydrogen) atoms. The number of imidazole rings is 1. The Balaban J connectivity index is 1.59. The average Bonchev–Trinajstić information content (AvgIpc) is 3.14. The van der Waals surface area contributed by atoms with Gasteiger partial charge < -0.3 is 14.5 Å². The topological polar surface area (TPSA) is 68.5 Å². The van der Waals surface area contributed by atoms with Crippen LogP contribution < -0.4 is 5.32 Å². The molecule has 0 spiro atoms. The summed E-state index contributed by atoms with van der Waals surface area (Å²) in [7, 11) is 0. The van der Waals surface area contributed by atoms with Gasteiger partial charge in [0, 0.05) is 31.5 Å². The molecule has 1 N–H and O–H groups in total. The second kappa shape index (κ2) is 7.81. The van der Waals surface area contributed by atoms with E-state index in [1.165, 1.54) is 24.3 Å². The molecule has 0 saturated carbocycles. The number of nitrogens with zero attached hydrogens (tertiary/aromatic N) is 3. The number of halogens is 3. The second-order valence-electron chi connectivity index (χ2n) is 6.56. The van der Waals surface area contributed by atoms with E-state index in [-0.39, 0.29) is 11.4 Å². The maximum Gasteiger partial charge on any atom is 0.280 e. The van der Waals surface area contributed by atoms with E-state index in [0.29, 0.717) is 29.8 Å². The lowest BCUT2D eigenvalue weighted by molar-refractivity contribution is 0.0846. The van der Waals surface area contributed by atoms with Crippen molar-refractivity contribution in [1.29, 1.82) is 0 Å². The van der Waals surface area contributed by atoms with Crippen LogP contribution in [0.3, 0.4) is 0 Å². The molecule has 4 heterocycles. The second-order valence-corrected chi connectivity index (χ2v) is 6.97. The highest BCUT2D eigenvalue weighted by Crippen LogP contribution is 2.28. The molecule has 9 heteroatoms. The number of amides is 1. The van der Waals surface area contributed by atoms with Gasteiger partial charge >= 0.3 is 0 Å². The van der Waals surface area contributed by atoms with Crippen molar-refractivity contribution in [2.24, 2.45) is 0 Å². The first-order chi connectivity index (χ1) is 13.5. The largest absolute Gasteiger partial charge is 0.381 e. The molecule has 0 unspecified atom stereocenters. The van der Waals surface area contributed by atoms with Crippen LogP contribution in [-0.4, -0.2) is 33.5 Å². The molecule has 0 aliphatic carbocycles. The molecular formula is C19H17ClF2N4O2. The lowest BCUT2D eigenvalue weighted by Gasteiger charge is -2.19. The van der Waals surface area contributed by atoms with Crippen molar-refractivity contribution in [2.45, 2.75) is 25.2 Å². The van der Waals surface area contributed by atoms with E-state index in [9.17, 15) is 13.6 Å². The number of carbonyl (C=O) groups excluding carboxylic acids is 1. The van der Waals surface area contributed by atoms with Gasteiger partial charge in [-0.2, -0.15) is 0 Å². The Morgan fingerprint density at radius 3 is 2.79 bits per heavy atom. The van der Waals surface area contributed by atoms with Crippen LogP contribution >= 0.6 is 11.6 Å². The normalized spacial score (nSPS) is 15.3. The van der Waals surface area contributed by atoms with Crippen LogP contribution in [0, 0.1) is 0 Å².